The molecule has 0 amide bonds. The fraction of sp³-hybridized carbons (Fsp3) is 0.562. The first-order valence-electron chi connectivity index (χ1n) is 14.5. The molecule has 1 heterocycles. The molecule has 0 saturated heterocycles. The van der Waals surface area contributed by atoms with Crippen molar-refractivity contribution in [1.29, 1.82) is 0 Å². The van der Waals surface area contributed by atoms with E-state index in [9.17, 15) is 14.7 Å². The van der Waals surface area contributed by atoms with Crippen molar-refractivity contribution < 1.29 is 48.0 Å². The van der Waals surface area contributed by atoms with Crippen LogP contribution in [0.5, 0.6) is 28.7 Å². The summed E-state index contributed by atoms with van der Waals surface area (Å²) in [7, 11) is 10.3. The molecule has 0 fully saturated rings. The highest BCUT2D eigenvalue weighted by Gasteiger charge is 2.42. The molecule has 0 spiro atoms. The van der Waals surface area contributed by atoms with Crippen LogP contribution in [0.4, 0.5) is 0 Å². The predicted molar refractivity (Wildman–Crippen MR) is 158 cm³/mol. The normalized spacial score (nSPS) is 18.5. The lowest BCUT2D eigenvalue weighted by atomic mass is 9.85. The first-order valence-corrected chi connectivity index (χ1v) is 14.5. The van der Waals surface area contributed by atoms with Crippen LogP contribution in [-0.2, 0) is 16.0 Å². The van der Waals surface area contributed by atoms with Crippen molar-refractivity contribution in [2.45, 2.75) is 57.4 Å². The van der Waals surface area contributed by atoms with Crippen molar-refractivity contribution in [2.24, 2.45) is 5.92 Å². The molecule has 2 aromatic carbocycles. The molecule has 1 aliphatic heterocycles. The Labute approximate surface area is 248 Å². The summed E-state index contributed by atoms with van der Waals surface area (Å²) < 4.78 is 28.9. The lowest BCUT2D eigenvalue weighted by molar-refractivity contribution is -0.935. The summed E-state index contributed by atoms with van der Waals surface area (Å²) in [6.07, 6.45) is 4.78. The SMILES string of the molecule is COc1cc2c(cc1OC)[C@@H](c1cc(OC)c(OC)c(OC)c1)[N@@+](C)(CCCC(CCCCCC(=O)O)C(=O)O)CC2. The molecule has 0 radical (unpaired) electrons. The maximum absolute atomic E-state index is 12.1. The Bertz CT molecular complexity index is 1210. The van der Waals surface area contributed by atoms with Gasteiger partial charge in [-0.05, 0) is 55.5 Å². The van der Waals surface area contributed by atoms with Crippen molar-refractivity contribution in [3.63, 3.8) is 0 Å². The van der Waals surface area contributed by atoms with Gasteiger partial charge in [-0.3, -0.25) is 9.59 Å². The van der Waals surface area contributed by atoms with Crippen molar-refractivity contribution >= 4 is 11.9 Å². The molecule has 232 valence electrons. The number of likely N-dealkylation sites (N-methyl/N-ethyl adjacent to an activating group) is 1. The van der Waals surface area contributed by atoms with Gasteiger partial charge in [-0.15, -0.1) is 0 Å². The maximum atomic E-state index is 12.1. The Morgan fingerprint density at radius 1 is 0.810 bits per heavy atom. The number of benzene rings is 2. The summed E-state index contributed by atoms with van der Waals surface area (Å²) in [6, 6.07) is 7.97. The summed E-state index contributed by atoms with van der Waals surface area (Å²) >= 11 is 0. The summed E-state index contributed by atoms with van der Waals surface area (Å²) in [5, 5.41) is 18.7. The monoisotopic (exact) mass is 588 g/mol. The summed E-state index contributed by atoms with van der Waals surface area (Å²) in [5.74, 6) is 0.927. The first-order chi connectivity index (χ1) is 20.1. The van der Waals surface area contributed by atoms with Crippen molar-refractivity contribution in [3.8, 4) is 28.7 Å². The van der Waals surface area contributed by atoms with Gasteiger partial charge in [0.15, 0.2) is 23.0 Å². The van der Waals surface area contributed by atoms with E-state index >= 15 is 0 Å². The van der Waals surface area contributed by atoms with E-state index in [1.54, 1.807) is 35.5 Å². The van der Waals surface area contributed by atoms with Gasteiger partial charge in [0.1, 0.15) is 6.04 Å². The summed E-state index contributed by atoms with van der Waals surface area (Å²) in [4.78, 5) is 22.8. The molecule has 10 heteroatoms. The van der Waals surface area contributed by atoms with E-state index in [4.69, 9.17) is 28.8 Å². The minimum Gasteiger partial charge on any atom is -0.493 e. The number of carboxylic acid groups (broad SMARTS) is 2. The van der Waals surface area contributed by atoms with Crippen LogP contribution >= 0.6 is 0 Å². The van der Waals surface area contributed by atoms with Crippen LogP contribution in [0.15, 0.2) is 24.3 Å². The lowest BCUT2D eigenvalue weighted by Gasteiger charge is -2.46. The third-order valence-corrected chi connectivity index (χ3v) is 8.47. The molecular formula is C32H46NO9+. The van der Waals surface area contributed by atoms with Crippen LogP contribution in [0.25, 0.3) is 0 Å². The number of nitrogens with zero attached hydrogens (tertiary/aromatic N) is 1. The molecule has 0 aromatic heterocycles. The fourth-order valence-corrected chi connectivity index (χ4v) is 6.22. The van der Waals surface area contributed by atoms with Crippen LogP contribution in [0.1, 0.15) is 67.7 Å². The van der Waals surface area contributed by atoms with E-state index < -0.39 is 17.9 Å². The highest BCUT2D eigenvalue weighted by Crippen LogP contribution is 2.48. The number of carbonyl (C=O) groups is 2. The second-order valence-electron chi connectivity index (χ2n) is 11.1. The average molecular weight is 589 g/mol. The molecule has 3 atom stereocenters. The van der Waals surface area contributed by atoms with Gasteiger partial charge in [-0.2, -0.15) is 0 Å². The Hall–Kier alpha value is -3.66. The van der Waals surface area contributed by atoms with E-state index in [1.807, 2.05) is 18.2 Å². The van der Waals surface area contributed by atoms with Gasteiger partial charge in [0.2, 0.25) is 5.75 Å². The van der Waals surface area contributed by atoms with Crippen LogP contribution in [0, 0.1) is 5.92 Å². The average Bonchev–Trinajstić information content (AvgIpc) is 2.98. The number of rotatable bonds is 17. The van der Waals surface area contributed by atoms with Crippen molar-refractivity contribution in [2.75, 3.05) is 55.7 Å². The molecule has 3 rings (SSSR count). The Morgan fingerprint density at radius 3 is 1.95 bits per heavy atom. The second kappa shape index (κ2) is 15.0. The zero-order valence-corrected chi connectivity index (χ0v) is 25.7. The third kappa shape index (κ3) is 7.59. The lowest BCUT2D eigenvalue weighted by Crippen LogP contribution is -2.52. The molecule has 10 nitrogen and oxygen atoms in total. The number of methoxy groups -OCH3 is 5. The smallest absolute Gasteiger partial charge is 0.306 e. The molecule has 0 saturated carbocycles. The standard InChI is InChI=1S/C32H45NO9/c1-33(15-10-12-21(32(36)37)11-8-7-9-13-29(34)35)16-14-22-17-25(38-2)26(39-3)20-24(22)30(33)23-18-27(40-4)31(42-6)28(19-23)41-5/h17-21,30H,7-16H2,1-6H3,(H-,34,35,36,37)/p+1/t21?,30-,33+/m1/s1. The maximum Gasteiger partial charge on any atom is 0.306 e. The van der Waals surface area contributed by atoms with Gasteiger partial charge >= 0.3 is 11.9 Å². The van der Waals surface area contributed by atoms with Crippen LogP contribution in [0.2, 0.25) is 0 Å². The van der Waals surface area contributed by atoms with Crippen LogP contribution in [0.3, 0.4) is 0 Å². The topological polar surface area (TPSA) is 121 Å². The van der Waals surface area contributed by atoms with Gasteiger partial charge in [-0.1, -0.05) is 12.8 Å². The molecule has 1 unspecified atom stereocenters. The molecule has 0 bridgehead atoms. The number of quaternary nitrogens is 1. The van der Waals surface area contributed by atoms with E-state index in [1.165, 1.54) is 5.56 Å². The summed E-state index contributed by atoms with van der Waals surface area (Å²) in [5.41, 5.74) is 3.28. The van der Waals surface area contributed by atoms with Gasteiger partial charge < -0.3 is 38.4 Å². The van der Waals surface area contributed by atoms with E-state index in [2.05, 4.69) is 13.1 Å². The highest BCUT2D eigenvalue weighted by atomic mass is 16.5. The quantitative estimate of drug-likeness (QED) is 0.186. The highest BCUT2D eigenvalue weighted by molar-refractivity contribution is 5.69. The molecule has 0 aliphatic carbocycles. The Kier molecular flexibility index (Phi) is 11.7. The number of aliphatic carboxylic acids is 2. The number of unbranched alkanes of at least 4 members (excludes halogenated alkanes) is 2. The van der Waals surface area contributed by atoms with Gasteiger partial charge in [-0.25, -0.2) is 0 Å². The van der Waals surface area contributed by atoms with Gasteiger partial charge in [0, 0.05) is 24.0 Å². The van der Waals surface area contributed by atoms with E-state index in [0.29, 0.717) is 58.9 Å². The largest absolute Gasteiger partial charge is 0.493 e. The Morgan fingerprint density at radius 2 is 1.40 bits per heavy atom. The number of hydrogen-bond donors (Lipinski definition) is 2. The first kappa shape index (κ1) is 32.8. The number of ether oxygens (including phenoxy) is 5. The zero-order chi connectivity index (χ0) is 30.9. The van der Waals surface area contributed by atoms with Crippen molar-refractivity contribution in [3.05, 3.63) is 41.0 Å². The van der Waals surface area contributed by atoms with E-state index in [0.717, 1.165) is 43.5 Å². The van der Waals surface area contributed by atoms with Crippen LogP contribution in [-0.4, -0.2) is 82.3 Å². The minimum absolute atomic E-state index is 0.110. The molecule has 2 N–H and O–H groups in total. The number of fused-ring (bicyclic) bond motifs is 1. The van der Waals surface area contributed by atoms with Gasteiger partial charge in [0.05, 0.1) is 61.6 Å². The molecule has 2 aromatic rings. The zero-order valence-electron chi connectivity index (χ0n) is 25.7. The molecule has 42 heavy (non-hydrogen) atoms. The van der Waals surface area contributed by atoms with E-state index in [-0.39, 0.29) is 12.5 Å². The molecular weight excluding hydrogens is 542 g/mol. The molecule has 1 aliphatic rings. The van der Waals surface area contributed by atoms with Crippen LogP contribution < -0.4 is 23.7 Å². The second-order valence-corrected chi connectivity index (χ2v) is 11.1. The summed E-state index contributed by atoms with van der Waals surface area (Å²) in [6.45, 7) is 1.61. The fourth-order valence-electron chi connectivity index (χ4n) is 6.22. The minimum atomic E-state index is -0.817. The predicted octanol–water partition coefficient (Wildman–Crippen LogP) is 5.34. The van der Waals surface area contributed by atoms with Crippen molar-refractivity contribution in [1.82, 2.24) is 0 Å². The number of carboxylic acids is 2. The Balaban J connectivity index is 1.94. The van der Waals surface area contributed by atoms with Gasteiger partial charge in [0.25, 0.3) is 0 Å². The third-order valence-electron chi connectivity index (χ3n) is 8.47. The number of hydrogen-bond acceptors (Lipinski definition) is 7.